The van der Waals surface area contributed by atoms with E-state index >= 15 is 0 Å². The molecule has 12 heteroatoms. The van der Waals surface area contributed by atoms with Gasteiger partial charge in [-0.3, -0.25) is 24.6 Å². The highest BCUT2D eigenvalue weighted by Crippen LogP contribution is 2.39. The van der Waals surface area contributed by atoms with E-state index in [9.17, 15) is 24.5 Å². The minimum Gasteiger partial charge on any atom is -0.493 e. The molecular weight excluding hydrogens is 432 g/mol. The van der Waals surface area contributed by atoms with Crippen LogP contribution in [-0.4, -0.2) is 48.3 Å². The number of carbonyl (C=O) groups excluding carboxylic acids is 3. The molecule has 0 saturated carbocycles. The molecule has 162 valence electrons. The number of carbonyl (C=O) groups is 3. The molecule has 3 rings (SSSR count). The van der Waals surface area contributed by atoms with Crippen LogP contribution in [0.5, 0.6) is 11.5 Å². The van der Waals surface area contributed by atoms with E-state index in [0.29, 0.717) is 11.8 Å². The number of furan rings is 1. The Kier molecular flexibility index (Phi) is 6.30. The van der Waals surface area contributed by atoms with Crippen molar-refractivity contribution < 1.29 is 37.9 Å². The Morgan fingerprint density at radius 2 is 1.87 bits per heavy atom. The van der Waals surface area contributed by atoms with Crippen molar-refractivity contribution in [2.24, 2.45) is 0 Å². The first-order valence-electron chi connectivity index (χ1n) is 8.61. The molecule has 0 aliphatic carbocycles. The molecule has 2 amide bonds. The molecule has 1 aliphatic rings. The topological polar surface area (TPSA) is 138 Å². The van der Waals surface area contributed by atoms with Crippen LogP contribution in [-0.2, 0) is 16.1 Å². The van der Waals surface area contributed by atoms with Gasteiger partial charge in [0.1, 0.15) is 5.76 Å². The number of methoxy groups -OCH3 is 3. The van der Waals surface area contributed by atoms with Crippen LogP contribution in [0.25, 0.3) is 6.08 Å². The summed E-state index contributed by atoms with van der Waals surface area (Å²) in [7, 11) is 3.90. The zero-order valence-corrected chi connectivity index (χ0v) is 17.4. The van der Waals surface area contributed by atoms with Crippen molar-refractivity contribution in [3.05, 3.63) is 56.4 Å². The molecule has 2 heterocycles. The Bertz CT molecular complexity index is 1110. The van der Waals surface area contributed by atoms with Crippen molar-refractivity contribution in [3.63, 3.8) is 0 Å². The molecular formula is C19H16N2O9S. The second kappa shape index (κ2) is 8.92. The highest BCUT2D eigenvalue weighted by atomic mass is 32.2. The number of nitro benzene ring substituents is 1. The molecule has 0 radical (unpaired) electrons. The van der Waals surface area contributed by atoms with Crippen LogP contribution < -0.4 is 9.47 Å². The Hall–Kier alpha value is -3.80. The van der Waals surface area contributed by atoms with Crippen molar-refractivity contribution >= 4 is 40.6 Å². The van der Waals surface area contributed by atoms with Gasteiger partial charge in [-0.1, -0.05) is 0 Å². The van der Waals surface area contributed by atoms with Crippen LogP contribution >= 0.6 is 11.8 Å². The molecule has 31 heavy (non-hydrogen) atoms. The Morgan fingerprint density at radius 1 is 1.19 bits per heavy atom. The van der Waals surface area contributed by atoms with Gasteiger partial charge in [0.05, 0.1) is 49.3 Å². The molecule has 1 aromatic carbocycles. The number of nitro groups is 1. The van der Waals surface area contributed by atoms with E-state index in [1.165, 1.54) is 51.7 Å². The summed E-state index contributed by atoms with van der Waals surface area (Å²) in [5, 5.41) is 10.9. The Balaban J connectivity index is 1.90. The van der Waals surface area contributed by atoms with Gasteiger partial charge in [-0.15, -0.1) is 0 Å². The fourth-order valence-electron chi connectivity index (χ4n) is 2.76. The summed E-state index contributed by atoms with van der Waals surface area (Å²) in [5.41, 5.74) is -0.252. The van der Waals surface area contributed by atoms with E-state index in [4.69, 9.17) is 13.9 Å². The fourth-order valence-corrected chi connectivity index (χ4v) is 3.59. The maximum Gasteiger partial charge on any atom is 0.373 e. The first-order valence-corrected chi connectivity index (χ1v) is 9.43. The van der Waals surface area contributed by atoms with Gasteiger partial charge < -0.3 is 18.6 Å². The number of esters is 1. The van der Waals surface area contributed by atoms with Crippen LogP contribution in [0.4, 0.5) is 10.5 Å². The zero-order chi connectivity index (χ0) is 22.7. The van der Waals surface area contributed by atoms with E-state index in [0.717, 1.165) is 4.90 Å². The largest absolute Gasteiger partial charge is 0.493 e. The number of imide groups is 1. The Morgan fingerprint density at radius 3 is 2.48 bits per heavy atom. The van der Waals surface area contributed by atoms with Gasteiger partial charge in [-0.2, -0.15) is 0 Å². The number of amides is 2. The van der Waals surface area contributed by atoms with Crippen molar-refractivity contribution in [1.82, 2.24) is 4.90 Å². The molecule has 1 aliphatic heterocycles. The SMILES string of the molecule is COC(=O)c1ccc(CN2C(=O)S/C(=C/c3cc(OC)c(OC)cc3[N+](=O)[O-])C2=O)o1. The lowest BCUT2D eigenvalue weighted by molar-refractivity contribution is -0.385. The molecule has 0 spiro atoms. The van der Waals surface area contributed by atoms with Gasteiger partial charge in [0.2, 0.25) is 5.76 Å². The molecule has 0 N–H and O–H groups in total. The first-order chi connectivity index (χ1) is 14.8. The number of ether oxygens (including phenoxy) is 3. The van der Waals surface area contributed by atoms with E-state index in [1.54, 1.807) is 0 Å². The standard InChI is InChI=1S/C19H16N2O9S/c1-27-14-6-10(12(21(25)26)8-15(14)28-2)7-16-17(22)20(19(24)31-16)9-11-4-5-13(30-11)18(23)29-3/h4-8H,9H2,1-3H3/b16-7+. The third-order valence-electron chi connectivity index (χ3n) is 4.25. The number of rotatable bonds is 7. The highest BCUT2D eigenvalue weighted by molar-refractivity contribution is 8.18. The first kappa shape index (κ1) is 21.9. The molecule has 0 atom stereocenters. The van der Waals surface area contributed by atoms with Crippen LogP contribution in [0, 0.1) is 10.1 Å². The molecule has 2 aromatic rings. The number of hydrogen-bond acceptors (Lipinski definition) is 10. The summed E-state index contributed by atoms with van der Waals surface area (Å²) in [4.78, 5) is 48.3. The maximum absolute atomic E-state index is 12.7. The average Bonchev–Trinajstić information content (AvgIpc) is 3.33. The van der Waals surface area contributed by atoms with Crippen LogP contribution in [0.2, 0.25) is 0 Å². The van der Waals surface area contributed by atoms with Crippen molar-refractivity contribution in [2.75, 3.05) is 21.3 Å². The summed E-state index contributed by atoms with van der Waals surface area (Å²) in [6.45, 7) is -0.215. The molecule has 11 nitrogen and oxygen atoms in total. The van der Waals surface area contributed by atoms with Gasteiger partial charge in [-0.05, 0) is 36.0 Å². The lowest BCUT2D eigenvalue weighted by Gasteiger charge is -2.10. The van der Waals surface area contributed by atoms with Crippen LogP contribution in [0.15, 0.2) is 33.6 Å². The van der Waals surface area contributed by atoms with Crippen molar-refractivity contribution in [3.8, 4) is 11.5 Å². The summed E-state index contributed by atoms with van der Waals surface area (Å²) in [5.74, 6) is -0.846. The third kappa shape index (κ3) is 4.38. The second-order valence-corrected chi connectivity index (χ2v) is 7.04. The van der Waals surface area contributed by atoms with E-state index < -0.39 is 22.0 Å². The fraction of sp³-hybridized carbons (Fsp3) is 0.211. The van der Waals surface area contributed by atoms with Gasteiger partial charge in [0.15, 0.2) is 11.5 Å². The summed E-state index contributed by atoms with van der Waals surface area (Å²) >= 11 is 0.628. The van der Waals surface area contributed by atoms with Gasteiger partial charge in [0, 0.05) is 0 Å². The molecule has 0 bridgehead atoms. The quantitative estimate of drug-likeness (QED) is 0.268. The lowest BCUT2D eigenvalue weighted by atomic mass is 10.1. The third-order valence-corrected chi connectivity index (χ3v) is 5.16. The van der Waals surface area contributed by atoms with E-state index in [-0.39, 0.29) is 45.7 Å². The lowest BCUT2D eigenvalue weighted by Crippen LogP contribution is -2.27. The summed E-state index contributed by atoms with van der Waals surface area (Å²) < 4.78 is 20.1. The number of thioether (sulfide) groups is 1. The van der Waals surface area contributed by atoms with Gasteiger partial charge in [-0.25, -0.2) is 4.79 Å². The highest BCUT2D eigenvalue weighted by Gasteiger charge is 2.36. The predicted molar refractivity (Wildman–Crippen MR) is 108 cm³/mol. The molecule has 1 aromatic heterocycles. The van der Waals surface area contributed by atoms with Gasteiger partial charge >= 0.3 is 5.97 Å². The summed E-state index contributed by atoms with van der Waals surface area (Å²) in [6, 6.07) is 5.33. The number of nitrogens with zero attached hydrogens (tertiary/aromatic N) is 2. The second-order valence-electron chi connectivity index (χ2n) is 6.05. The average molecular weight is 448 g/mol. The van der Waals surface area contributed by atoms with E-state index in [2.05, 4.69) is 4.74 Å². The zero-order valence-electron chi connectivity index (χ0n) is 16.6. The monoisotopic (exact) mass is 448 g/mol. The number of benzene rings is 1. The molecule has 0 unspecified atom stereocenters. The minimum absolute atomic E-state index is 0.0138. The number of hydrogen-bond donors (Lipinski definition) is 0. The van der Waals surface area contributed by atoms with Crippen molar-refractivity contribution in [2.45, 2.75) is 6.54 Å². The maximum atomic E-state index is 12.7. The molecule has 1 fully saturated rings. The normalized spacial score (nSPS) is 14.8. The van der Waals surface area contributed by atoms with Crippen molar-refractivity contribution in [1.29, 1.82) is 0 Å². The molecule has 1 saturated heterocycles. The van der Waals surface area contributed by atoms with E-state index in [1.807, 2.05) is 0 Å². The predicted octanol–water partition coefficient (Wildman–Crippen LogP) is 3.23. The van der Waals surface area contributed by atoms with Crippen LogP contribution in [0.1, 0.15) is 21.9 Å². The van der Waals surface area contributed by atoms with Crippen LogP contribution in [0.3, 0.4) is 0 Å². The Labute approximate surface area is 179 Å². The smallest absolute Gasteiger partial charge is 0.373 e. The summed E-state index contributed by atoms with van der Waals surface area (Å²) in [6.07, 6.45) is 1.24. The minimum atomic E-state index is -0.693. The van der Waals surface area contributed by atoms with Gasteiger partial charge in [0.25, 0.3) is 16.8 Å².